The Morgan fingerprint density at radius 2 is 1.68 bits per heavy atom. The highest BCUT2D eigenvalue weighted by Gasteiger charge is 2.27. The molecule has 0 N–H and O–H groups in total. The topological polar surface area (TPSA) is 59.2 Å². The third-order valence-corrected chi connectivity index (χ3v) is 5.33. The molecular formula is C23H25N3O2. The molecule has 1 aliphatic rings. The van der Waals surface area contributed by atoms with E-state index in [4.69, 9.17) is 4.52 Å². The Kier molecular flexibility index (Phi) is 5.80. The summed E-state index contributed by atoms with van der Waals surface area (Å²) in [4.78, 5) is 19.5. The van der Waals surface area contributed by atoms with Crippen molar-refractivity contribution in [3.63, 3.8) is 0 Å². The molecule has 1 aliphatic carbocycles. The minimum absolute atomic E-state index is 0.159. The molecule has 3 aromatic rings. The Balaban J connectivity index is 1.44. The zero-order valence-electron chi connectivity index (χ0n) is 16.0. The molecule has 0 atom stereocenters. The average molecular weight is 375 g/mol. The maximum absolute atomic E-state index is 13.1. The zero-order valence-corrected chi connectivity index (χ0v) is 16.0. The molecule has 0 aliphatic heterocycles. The fourth-order valence-electron chi connectivity index (χ4n) is 3.79. The van der Waals surface area contributed by atoms with E-state index < -0.39 is 0 Å². The highest BCUT2D eigenvalue weighted by atomic mass is 16.5. The van der Waals surface area contributed by atoms with Crippen molar-refractivity contribution in [1.29, 1.82) is 0 Å². The van der Waals surface area contributed by atoms with Crippen molar-refractivity contribution < 1.29 is 9.32 Å². The summed E-state index contributed by atoms with van der Waals surface area (Å²) in [5.74, 6) is 1.57. The Morgan fingerprint density at radius 3 is 2.39 bits per heavy atom. The standard InChI is InChI=1S/C23H25N3O2/c27-23(20-13-7-8-14-20)26(17-18-9-3-1-4-10-18)16-15-21-24-22(25-28-21)19-11-5-2-6-12-19/h1-6,9-12,20H,7-8,13-17H2. The number of aromatic nitrogens is 2. The van der Waals surface area contributed by atoms with Gasteiger partial charge < -0.3 is 9.42 Å². The number of hydrogen-bond donors (Lipinski definition) is 0. The van der Waals surface area contributed by atoms with Crippen LogP contribution in [0.25, 0.3) is 11.4 Å². The monoisotopic (exact) mass is 375 g/mol. The molecule has 1 amide bonds. The molecule has 0 spiro atoms. The second kappa shape index (κ2) is 8.83. The van der Waals surface area contributed by atoms with E-state index in [1.807, 2.05) is 53.4 Å². The predicted molar refractivity (Wildman–Crippen MR) is 107 cm³/mol. The number of carbonyl (C=O) groups excluding carboxylic acids is 1. The van der Waals surface area contributed by atoms with E-state index in [0.717, 1.165) is 36.8 Å². The van der Waals surface area contributed by atoms with Crippen molar-refractivity contribution in [1.82, 2.24) is 15.0 Å². The summed E-state index contributed by atoms with van der Waals surface area (Å²) in [6.07, 6.45) is 4.87. The van der Waals surface area contributed by atoms with Crippen molar-refractivity contribution in [3.05, 3.63) is 72.1 Å². The first-order chi connectivity index (χ1) is 13.8. The summed E-state index contributed by atoms with van der Waals surface area (Å²) < 4.78 is 5.43. The molecule has 0 radical (unpaired) electrons. The van der Waals surface area contributed by atoms with Crippen LogP contribution in [0, 0.1) is 5.92 Å². The Labute approximate surface area is 165 Å². The number of benzene rings is 2. The third kappa shape index (κ3) is 4.47. The average Bonchev–Trinajstić information content (AvgIpc) is 3.44. The summed E-state index contributed by atoms with van der Waals surface area (Å²) >= 11 is 0. The number of amides is 1. The molecule has 1 saturated carbocycles. The fourth-order valence-corrected chi connectivity index (χ4v) is 3.79. The number of carbonyl (C=O) groups is 1. The SMILES string of the molecule is O=C(C1CCCC1)N(CCc1nc(-c2ccccc2)no1)Cc1ccccc1. The summed E-state index contributed by atoms with van der Waals surface area (Å²) in [7, 11) is 0. The van der Waals surface area contributed by atoms with Crippen LogP contribution in [0.1, 0.15) is 37.1 Å². The molecule has 144 valence electrons. The van der Waals surface area contributed by atoms with Crippen molar-refractivity contribution in [2.24, 2.45) is 5.92 Å². The zero-order chi connectivity index (χ0) is 19.2. The van der Waals surface area contributed by atoms with Gasteiger partial charge in [0.15, 0.2) is 0 Å². The lowest BCUT2D eigenvalue weighted by molar-refractivity contribution is -0.136. The largest absolute Gasteiger partial charge is 0.339 e. The fraction of sp³-hybridized carbons (Fsp3) is 0.348. The lowest BCUT2D eigenvalue weighted by Gasteiger charge is -2.25. The van der Waals surface area contributed by atoms with Gasteiger partial charge in [0.25, 0.3) is 0 Å². The first kappa shape index (κ1) is 18.4. The van der Waals surface area contributed by atoms with Crippen LogP contribution < -0.4 is 0 Å². The van der Waals surface area contributed by atoms with Crippen LogP contribution in [0.15, 0.2) is 65.2 Å². The summed E-state index contributed by atoms with van der Waals surface area (Å²) in [6.45, 7) is 1.20. The van der Waals surface area contributed by atoms with Gasteiger partial charge in [0.1, 0.15) is 0 Å². The van der Waals surface area contributed by atoms with Gasteiger partial charge in [-0.3, -0.25) is 4.79 Å². The van der Waals surface area contributed by atoms with Crippen LogP contribution in [0.4, 0.5) is 0 Å². The second-order valence-corrected chi connectivity index (χ2v) is 7.35. The first-order valence-electron chi connectivity index (χ1n) is 10.0. The van der Waals surface area contributed by atoms with E-state index in [9.17, 15) is 4.79 Å². The minimum Gasteiger partial charge on any atom is -0.339 e. The van der Waals surface area contributed by atoms with Crippen LogP contribution in [0.2, 0.25) is 0 Å². The van der Waals surface area contributed by atoms with Crippen molar-refractivity contribution in [2.45, 2.75) is 38.6 Å². The van der Waals surface area contributed by atoms with E-state index in [0.29, 0.717) is 31.2 Å². The summed E-state index contributed by atoms with van der Waals surface area (Å²) in [5, 5.41) is 4.08. The lowest BCUT2D eigenvalue weighted by Crippen LogP contribution is -2.36. The maximum Gasteiger partial charge on any atom is 0.228 e. The van der Waals surface area contributed by atoms with Crippen molar-refractivity contribution >= 4 is 5.91 Å². The van der Waals surface area contributed by atoms with E-state index in [1.165, 1.54) is 0 Å². The highest BCUT2D eigenvalue weighted by Crippen LogP contribution is 2.27. The van der Waals surface area contributed by atoms with Crippen LogP contribution >= 0.6 is 0 Å². The Morgan fingerprint density at radius 1 is 1.00 bits per heavy atom. The van der Waals surface area contributed by atoms with Crippen LogP contribution in [0.5, 0.6) is 0 Å². The van der Waals surface area contributed by atoms with Crippen molar-refractivity contribution in [2.75, 3.05) is 6.54 Å². The Bertz CT molecular complexity index is 886. The third-order valence-electron chi connectivity index (χ3n) is 5.33. The molecule has 5 heteroatoms. The summed E-state index contributed by atoms with van der Waals surface area (Å²) in [6, 6.07) is 19.9. The van der Waals surface area contributed by atoms with Crippen LogP contribution in [0.3, 0.4) is 0 Å². The number of nitrogens with zero attached hydrogens (tertiary/aromatic N) is 3. The minimum atomic E-state index is 0.159. The molecule has 5 nitrogen and oxygen atoms in total. The number of hydrogen-bond acceptors (Lipinski definition) is 4. The van der Waals surface area contributed by atoms with Gasteiger partial charge in [-0.15, -0.1) is 0 Å². The molecule has 1 aromatic heterocycles. The molecule has 28 heavy (non-hydrogen) atoms. The van der Waals surface area contributed by atoms with Gasteiger partial charge in [-0.1, -0.05) is 78.7 Å². The van der Waals surface area contributed by atoms with Gasteiger partial charge >= 0.3 is 0 Å². The molecule has 1 fully saturated rings. The van der Waals surface area contributed by atoms with E-state index in [2.05, 4.69) is 22.3 Å². The maximum atomic E-state index is 13.1. The van der Waals surface area contributed by atoms with Crippen LogP contribution in [-0.4, -0.2) is 27.5 Å². The smallest absolute Gasteiger partial charge is 0.228 e. The normalized spacial score (nSPS) is 14.3. The highest BCUT2D eigenvalue weighted by molar-refractivity contribution is 5.79. The molecule has 0 unspecified atom stereocenters. The van der Waals surface area contributed by atoms with E-state index in [1.54, 1.807) is 0 Å². The van der Waals surface area contributed by atoms with E-state index >= 15 is 0 Å². The van der Waals surface area contributed by atoms with E-state index in [-0.39, 0.29) is 11.8 Å². The second-order valence-electron chi connectivity index (χ2n) is 7.35. The van der Waals surface area contributed by atoms with Gasteiger partial charge in [-0.25, -0.2) is 0 Å². The first-order valence-corrected chi connectivity index (χ1v) is 10.0. The van der Waals surface area contributed by atoms with Gasteiger partial charge in [-0.2, -0.15) is 4.98 Å². The lowest BCUT2D eigenvalue weighted by atomic mass is 10.1. The van der Waals surface area contributed by atoms with Gasteiger partial charge in [0.05, 0.1) is 0 Å². The predicted octanol–water partition coefficient (Wildman–Crippen LogP) is 4.50. The summed E-state index contributed by atoms with van der Waals surface area (Å²) in [5.41, 5.74) is 2.07. The molecule has 1 heterocycles. The molecule has 4 rings (SSSR count). The van der Waals surface area contributed by atoms with Crippen LogP contribution in [-0.2, 0) is 17.8 Å². The van der Waals surface area contributed by atoms with Gasteiger partial charge in [0.2, 0.25) is 17.6 Å². The molecule has 0 bridgehead atoms. The molecule has 0 saturated heterocycles. The Hall–Kier alpha value is -2.95. The molecular weight excluding hydrogens is 350 g/mol. The molecule has 2 aromatic carbocycles. The number of rotatable bonds is 7. The quantitative estimate of drug-likeness (QED) is 0.610. The van der Waals surface area contributed by atoms with Gasteiger partial charge in [0, 0.05) is 31.0 Å². The van der Waals surface area contributed by atoms with Gasteiger partial charge in [-0.05, 0) is 18.4 Å². The van der Waals surface area contributed by atoms with Crippen molar-refractivity contribution in [3.8, 4) is 11.4 Å².